The predicted octanol–water partition coefficient (Wildman–Crippen LogP) is 3.52. The molecular formula is C26H29N3O3. The van der Waals surface area contributed by atoms with Gasteiger partial charge in [-0.15, -0.1) is 0 Å². The number of nitrogens with zero attached hydrogens (tertiary/aromatic N) is 2. The highest BCUT2D eigenvalue weighted by Crippen LogP contribution is 2.42. The van der Waals surface area contributed by atoms with Gasteiger partial charge in [0, 0.05) is 12.6 Å². The molecule has 0 bridgehead atoms. The average molecular weight is 432 g/mol. The molecule has 166 valence electrons. The minimum absolute atomic E-state index is 0.0762. The first-order valence-electron chi connectivity index (χ1n) is 11.5. The molecule has 6 nitrogen and oxygen atoms in total. The fraction of sp³-hybridized carbons (Fsp3) is 0.423. The van der Waals surface area contributed by atoms with E-state index in [1.165, 1.54) is 0 Å². The van der Waals surface area contributed by atoms with Crippen LogP contribution in [0.4, 0.5) is 4.79 Å². The van der Waals surface area contributed by atoms with Crippen molar-refractivity contribution < 1.29 is 14.4 Å². The molecule has 32 heavy (non-hydrogen) atoms. The van der Waals surface area contributed by atoms with Gasteiger partial charge in [0.05, 0.1) is 0 Å². The molecule has 2 aliphatic carbocycles. The van der Waals surface area contributed by atoms with Crippen molar-refractivity contribution in [2.75, 3.05) is 6.54 Å². The molecule has 4 amide bonds. The van der Waals surface area contributed by atoms with Crippen molar-refractivity contribution in [3.05, 3.63) is 70.8 Å². The van der Waals surface area contributed by atoms with E-state index in [-0.39, 0.29) is 24.4 Å². The maximum absolute atomic E-state index is 13.5. The quantitative estimate of drug-likeness (QED) is 0.712. The standard InChI is InChI=1S/C26H29N3O3/c1-17-7-6-10-22-21(17)13-14-26(22)24(31)29(25(32)27-26)16-23(30)28(18(2)20-11-12-20)15-19-8-4-3-5-9-19/h3-10,18,20H,11-16H2,1-2H3,(H,27,32). The third-order valence-corrected chi connectivity index (χ3v) is 7.40. The van der Waals surface area contributed by atoms with Gasteiger partial charge in [-0.1, -0.05) is 48.5 Å². The number of carbonyl (C=O) groups is 3. The molecule has 1 saturated heterocycles. The molecule has 3 aliphatic rings. The Morgan fingerprint density at radius 2 is 1.91 bits per heavy atom. The molecule has 1 spiro atoms. The van der Waals surface area contributed by atoms with Gasteiger partial charge in [-0.05, 0) is 67.7 Å². The van der Waals surface area contributed by atoms with Crippen LogP contribution in [-0.4, -0.2) is 40.2 Å². The molecule has 0 aromatic heterocycles. The molecule has 2 atom stereocenters. The molecule has 2 aromatic carbocycles. The lowest BCUT2D eigenvalue weighted by molar-refractivity contribution is -0.141. The van der Waals surface area contributed by atoms with Crippen LogP contribution < -0.4 is 5.32 Å². The van der Waals surface area contributed by atoms with Gasteiger partial charge in [0.25, 0.3) is 5.91 Å². The summed E-state index contributed by atoms with van der Waals surface area (Å²) >= 11 is 0. The zero-order valence-electron chi connectivity index (χ0n) is 18.6. The van der Waals surface area contributed by atoms with E-state index in [0.717, 1.165) is 46.4 Å². The van der Waals surface area contributed by atoms with E-state index in [1.807, 2.05) is 60.4 Å². The monoisotopic (exact) mass is 431 g/mol. The average Bonchev–Trinajstić information content (AvgIpc) is 3.53. The van der Waals surface area contributed by atoms with Crippen molar-refractivity contribution in [3.8, 4) is 0 Å². The van der Waals surface area contributed by atoms with Gasteiger partial charge in [0.1, 0.15) is 12.1 Å². The number of imide groups is 1. The molecule has 2 fully saturated rings. The predicted molar refractivity (Wildman–Crippen MR) is 121 cm³/mol. The Labute approximate surface area is 188 Å². The van der Waals surface area contributed by atoms with Gasteiger partial charge in [0.15, 0.2) is 0 Å². The molecule has 6 heteroatoms. The van der Waals surface area contributed by atoms with Crippen molar-refractivity contribution in [3.63, 3.8) is 0 Å². The first-order valence-corrected chi connectivity index (χ1v) is 11.5. The Kier molecular flexibility index (Phi) is 5.03. The topological polar surface area (TPSA) is 69.7 Å². The van der Waals surface area contributed by atoms with E-state index in [1.54, 1.807) is 0 Å². The van der Waals surface area contributed by atoms with Gasteiger partial charge in [-0.25, -0.2) is 4.79 Å². The maximum Gasteiger partial charge on any atom is 0.325 e. The first-order chi connectivity index (χ1) is 15.4. The number of amides is 4. The van der Waals surface area contributed by atoms with Gasteiger partial charge in [-0.3, -0.25) is 14.5 Å². The Morgan fingerprint density at radius 1 is 1.16 bits per heavy atom. The van der Waals surface area contributed by atoms with E-state index in [9.17, 15) is 14.4 Å². The van der Waals surface area contributed by atoms with Crippen molar-refractivity contribution >= 4 is 17.8 Å². The Morgan fingerprint density at radius 3 is 2.62 bits per heavy atom. The highest BCUT2D eigenvalue weighted by molar-refractivity contribution is 6.10. The normalized spacial score (nSPS) is 22.8. The molecule has 1 heterocycles. The maximum atomic E-state index is 13.5. The van der Waals surface area contributed by atoms with E-state index in [0.29, 0.717) is 18.9 Å². The van der Waals surface area contributed by atoms with E-state index in [2.05, 4.69) is 12.2 Å². The number of urea groups is 1. The summed E-state index contributed by atoms with van der Waals surface area (Å²) in [6.07, 6.45) is 3.51. The zero-order valence-corrected chi connectivity index (χ0v) is 18.6. The van der Waals surface area contributed by atoms with Crippen LogP contribution in [0.5, 0.6) is 0 Å². The smallest absolute Gasteiger partial charge is 0.325 e. The molecule has 1 aliphatic heterocycles. The van der Waals surface area contributed by atoms with Crippen LogP contribution >= 0.6 is 0 Å². The van der Waals surface area contributed by atoms with Gasteiger partial charge in [0.2, 0.25) is 5.91 Å². The van der Waals surface area contributed by atoms with Gasteiger partial charge >= 0.3 is 6.03 Å². The van der Waals surface area contributed by atoms with Gasteiger partial charge < -0.3 is 10.2 Å². The number of hydrogen-bond donors (Lipinski definition) is 1. The molecule has 2 aromatic rings. The molecule has 0 radical (unpaired) electrons. The van der Waals surface area contributed by atoms with Crippen LogP contribution in [0.25, 0.3) is 0 Å². The fourth-order valence-electron chi connectivity index (χ4n) is 5.30. The highest BCUT2D eigenvalue weighted by Gasteiger charge is 2.56. The molecule has 5 rings (SSSR count). The summed E-state index contributed by atoms with van der Waals surface area (Å²) in [5, 5.41) is 2.94. The van der Waals surface area contributed by atoms with Crippen LogP contribution in [0.1, 0.15) is 48.4 Å². The Hall–Kier alpha value is -3.15. The van der Waals surface area contributed by atoms with E-state index in [4.69, 9.17) is 0 Å². The van der Waals surface area contributed by atoms with E-state index >= 15 is 0 Å². The van der Waals surface area contributed by atoms with Gasteiger partial charge in [-0.2, -0.15) is 0 Å². The number of hydrogen-bond acceptors (Lipinski definition) is 3. The van der Waals surface area contributed by atoms with Crippen molar-refractivity contribution in [1.29, 1.82) is 0 Å². The summed E-state index contributed by atoms with van der Waals surface area (Å²) in [5.74, 6) is -0.00278. The largest absolute Gasteiger partial charge is 0.334 e. The van der Waals surface area contributed by atoms with Crippen LogP contribution in [0.3, 0.4) is 0 Å². The fourth-order valence-corrected chi connectivity index (χ4v) is 5.30. The number of carbonyl (C=O) groups excluding carboxylic acids is 3. The summed E-state index contributed by atoms with van der Waals surface area (Å²) in [6.45, 7) is 4.36. The van der Waals surface area contributed by atoms with Crippen molar-refractivity contribution in [1.82, 2.24) is 15.1 Å². The minimum Gasteiger partial charge on any atom is -0.334 e. The lowest BCUT2D eigenvalue weighted by atomic mass is 9.91. The minimum atomic E-state index is -1.04. The summed E-state index contributed by atoms with van der Waals surface area (Å²) < 4.78 is 0. The van der Waals surface area contributed by atoms with Crippen molar-refractivity contribution in [2.45, 2.75) is 57.7 Å². The first kappa shape index (κ1) is 20.7. The molecule has 1 saturated carbocycles. The lowest BCUT2D eigenvalue weighted by Gasteiger charge is -2.31. The summed E-state index contributed by atoms with van der Waals surface area (Å²) in [6, 6.07) is 15.4. The van der Waals surface area contributed by atoms with Crippen LogP contribution in [-0.2, 0) is 28.1 Å². The van der Waals surface area contributed by atoms with Crippen molar-refractivity contribution in [2.24, 2.45) is 5.92 Å². The lowest BCUT2D eigenvalue weighted by Crippen LogP contribution is -2.47. The van der Waals surface area contributed by atoms with Crippen LogP contribution in [0.15, 0.2) is 48.5 Å². The van der Waals surface area contributed by atoms with E-state index < -0.39 is 11.6 Å². The number of fused-ring (bicyclic) bond motifs is 2. The summed E-state index contributed by atoms with van der Waals surface area (Å²) in [4.78, 5) is 42.8. The number of benzene rings is 2. The molecular weight excluding hydrogens is 402 g/mol. The second kappa shape index (κ2) is 7.76. The highest BCUT2D eigenvalue weighted by atomic mass is 16.2. The Balaban J connectivity index is 1.38. The second-order valence-corrected chi connectivity index (χ2v) is 9.41. The SMILES string of the molecule is Cc1cccc2c1CCC21NC(=O)N(CC(=O)N(Cc2ccccc2)C(C)C2CC2)C1=O. The van der Waals surface area contributed by atoms with Crippen LogP contribution in [0, 0.1) is 12.8 Å². The Bertz CT molecular complexity index is 1080. The molecule has 1 N–H and O–H groups in total. The number of nitrogens with one attached hydrogen (secondary N) is 1. The second-order valence-electron chi connectivity index (χ2n) is 9.41. The molecule has 2 unspecified atom stereocenters. The summed E-state index contributed by atoms with van der Waals surface area (Å²) in [5.41, 5.74) is 3.14. The van der Waals surface area contributed by atoms with Crippen LogP contribution in [0.2, 0.25) is 0 Å². The number of rotatable bonds is 6. The zero-order chi connectivity index (χ0) is 22.5. The summed E-state index contributed by atoms with van der Waals surface area (Å²) in [7, 11) is 0. The third-order valence-electron chi connectivity index (χ3n) is 7.40. The number of aryl methyl sites for hydroxylation is 1. The third kappa shape index (κ3) is 3.38.